The van der Waals surface area contributed by atoms with Gasteiger partial charge >= 0.3 is 0 Å². The number of benzene rings is 2. The normalized spacial score (nSPS) is 16.9. The topological polar surface area (TPSA) is 41.1 Å². The van der Waals surface area contributed by atoms with Gasteiger partial charge < -0.3 is 10.6 Å². The average Bonchev–Trinajstić information content (AvgIpc) is 2.50. The molecule has 2 aromatic carbocycles. The van der Waals surface area contributed by atoms with Crippen LogP contribution in [-0.4, -0.2) is 12.5 Å². The van der Waals surface area contributed by atoms with Gasteiger partial charge in [0.2, 0.25) is 5.91 Å². The molecule has 1 amide bonds. The number of nitrogens with one attached hydrogen (secondary N) is 2. The van der Waals surface area contributed by atoms with Crippen LogP contribution in [0, 0.1) is 6.92 Å². The third-order valence-corrected chi connectivity index (χ3v) is 4.30. The Balaban J connectivity index is 1.70. The highest BCUT2D eigenvalue weighted by Crippen LogP contribution is 2.26. The molecule has 1 aliphatic rings. The summed E-state index contributed by atoms with van der Waals surface area (Å²) in [4.78, 5) is 12.3. The first-order valence-electron chi connectivity index (χ1n) is 7.50. The largest absolute Gasteiger partial charge is 0.326 e. The molecule has 0 radical (unpaired) electrons. The van der Waals surface area contributed by atoms with E-state index < -0.39 is 0 Å². The molecule has 0 aromatic heterocycles. The Hall–Kier alpha value is -1.84. The van der Waals surface area contributed by atoms with Crippen LogP contribution in [0.1, 0.15) is 29.2 Å². The number of fused-ring (bicyclic) bond motifs is 1. The van der Waals surface area contributed by atoms with Gasteiger partial charge in [0, 0.05) is 23.2 Å². The maximum Gasteiger partial charge on any atom is 0.226 e. The van der Waals surface area contributed by atoms with E-state index in [1.165, 1.54) is 11.1 Å². The molecule has 1 heterocycles. The van der Waals surface area contributed by atoms with E-state index in [9.17, 15) is 4.79 Å². The summed E-state index contributed by atoms with van der Waals surface area (Å²) < 4.78 is 0. The van der Waals surface area contributed by atoms with E-state index in [2.05, 4.69) is 28.8 Å². The van der Waals surface area contributed by atoms with Crippen molar-refractivity contribution in [2.45, 2.75) is 25.8 Å². The summed E-state index contributed by atoms with van der Waals surface area (Å²) in [5.74, 6) is 0.0135. The SMILES string of the molecule is Cc1cc(Cl)ccc1NC(=O)CC1NCCc2ccccc21. The quantitative estimate of drug-likeness (QED) is 0.903. The summed E-state index contributed by atoms with van der Waals surface area (Å²) >= 11 is 5.94. The Kier molecular flexibility index (Phi) is 4.46. The minimum Gasteiger partial charge on any atom is -0.326 e. The van der Waals surface area contributed by atoms with Gasteiger partial charge in [-0.25, -0.2) is 0 Å². The van der Waals surface area contributed by atoms with Gasteiger partial charge in [-0.2, -0.15) is 0 Å². The van der Waals surface area contributed by atoms with Crippen LogP contribution in [0.4, 0.5) is 5.69 Å². The second kappa shape index (κ2) is 6.51. The lowest BCUT2D eigenvalue weighted by Gasteiger charge is -2.26. The van der Waals surface area contributed by atoms with Crippen molar-refractivity contribution in [1.82, 2.24) is 5.32 Å². The summed E-state index contributed by atoms with van der Waals surface area (Å²) in [6, 6.07) is 13.9. The summed E-state index contributed by atoms with van der Waals surface area (Å²) in [6.07, 6.45) is 1.45. The summed E-state index contributed by atoms with van der Waals surface area (Å²) in [7, 11) is 0. The van der Waals surface area contributed by atoms with Gasteiger partial charge in [0.25, 0.3) is 0 Å². The van der Waals surface area contributed by atoms with Crippen LogP contribution in [0.25, 0.3) is 0 Å². The molecule has 2 N–H and O–H groups in total. The third-order valence-electron chi connectivity index (χ3n) is 4.07. The maximum atomic E-state index is 12.3. The van der Waals surface area contributed by atoms with Gasteiger partial charge in [-0.05, 0) is 54.8 Å². The van der Waals surface area contributed by atoms with E-state index in [0.717, 1.165) is 24.2 Å². The lowest BCUT2D eigenvalue weighted by Crippen LogP contribution is -2.32. The number of hydrogen-bond acceptors (Lipinski definition) is 2. The summed E-state index contributed by atoms with van der Waals surface area (Å²) in [5, 5.41) is 7.09. The monoisotopic (exact) mass is 314 g/mol. The molecule has 4 heteroatoms. The number of carbonyl (C=O) groups excluding carboxylic acids is 1. The molecule has 1 atom stereocenters. The third kappa shape index (κ3) is 3.32. The Morgan fingerprint density at radius 1 is 1.32 bits per heavy atom. The van der Waals surface area contributed by atoms with E-state index in [-0.39, 0.29) is 11.9 Å². The summed E-state index contributed by atoms with van der Waals surface area (Å²) in [6.45, 7) is 2.85. The Morgan fingerprint density at radius 3 is 2.95 bits per heavy atom. The van der Waals surface area contributed by atoms with Crippen molar-refractivity contribution in [3.63, 3.8) is 0 Å². The van der Waals surface area contributed by atoms with Crippen LogP contribution in [0.3, 0.4) is 0 Å². The van der Waals surface area contributed by atoms with Crippen molar-refractivity contribution in [3.05, 3.63) is 64.2 Å². The molecule has 3 rings (SSSR count). The van der Waals surface area contributed by atoms with Crippen LogP contribution >= 0.6 is 11.6 Å². The van der Waals surface area contributed by atoms with Gasteiger partial charge in [0.05, 0.1) is 0 Å². The Bertz CT molecular complexity index is 699. The van der Waals surface area contributed by atoms with E-state index in [4.69, 9.17) is 11.6 Å². The smallest absolute Gasteiger partial charge is 0.226 e. The molecule has 0 saturated heterocycles. The zero-order chi connectivity index (χ0) is 15.5. The van der Waals surface area contributed by atoms with Crippen molar-refractivity contribution in [1.29, 1.82) is 0 Å². The van der Waals surface area contributed by atoms with Crippen LogP contribution < -0.4 is 10.6 Å². The molecule has 0 spiro atoms. The molecule has 22 heavy (non-hydrogen) atoms. The fraction of sp³-hybridized carbons (Fsp3) is 0.278. The van der Waals surface area contributed by atoms with Gasteiger partial charge in [-0.1, -0.05) is 35.9 Å². The number of hydrogen-bond donors (Lipinski definition) is 2. The number of halogens is 1. The van der Waals surface area contributed by atoms with Gasteiger partial charge in [-0.3, -0.25) is 4.79 Å². The van der Waals surface area contributed by atoms with Crippen LogP contribution in [0.5, 0.6) is 0 Å². The second-order valence-corrected chi connectivity index (χ2v) is 6.10. The molecule has 2 aromatic rings. The van der Waals surface area contributed by atoms with E-state index >= 15 is 0 Å². The molecular formula is C18H19ClN2O. The average molecular weight is 315 g/mol. The molecular weight excluding hydrogens is 296 g/mol. The first kappa shape index (κ1) is 15.1. The second-order valence-electron chi connectivity index (χ2n) is 5.67. The highest BCUT2D eigenvalue weighted by Gasteiger charge is 2.21. The predicted molar refractivity (Wildman–Crippen MR) is 90.3 cm³/mol. The lowest BCUT2D eigenvalue weighted by atomic mass is 9.92. The van der Waals surface area contributed by atoms with Crippen molar-refractivity contribution < 1.29 is 4.79 Å². The van der Waals surface area contributed by atoms with Gasteiger partial charge in [-0.15, -0.1) is 0 Å². The Labute approximate surface area is 135 Å². The lowest BCUT2D eigenvalue weighted by molar-refractivity contribution is -0.116. The van der Waals surface area contributed by atoms with Gasteiger partial charge in [0.15, 0.2) is 0 Å². The fourth-order valence-corrected chi connectivity index (χ4v) is 3.16. The minimum atomic E-state index is 0.0135. The molecule has 1 unspecified atom stereocenters. The molecule has 0 fully saturated rings. The maximum absolute atomic E-state index is 12.3. The highest BCUT2D eigenvalue weighted by molar-refractivity contribution is 6.30. The number of aryl methyl sites for hydroxylation is 1. The first-order chi connectivity index (χ1) is 10.6. The standard InChI is InChI=1S/C18H19ClN2O/c1-12-10-14(19)6-7-16(12)21-18(22)11-17-15-5-3-2-4-13(15)8-9-20-17/h2-7,10,17,20H,8-9,11H2,1H3,(H,21,22). The highest BCUT2D eigenvalue weighted by atomic mass is 35.5. The number of amides is 1. The summed E-state index contributed by atoms with van der Waals surface area (Å²) in [5.41, 5.74) is 4.36. The predicted octanol–water partition coefficient (Wildman–Crippen LogP) is 3.86. The fourth-order valence-electron chi connectivity index (χ4n) is 2.93. The molecule has 0 saturated carbocycles. The number of carbonyl (C=O) groups is 1. The van der Waals surface area contributed by atoms with Crippen molar-refractivity contribution in [3.8, 4) is 0 Å². The minimum absolute atomic E-state index is 0.0135. The van der Waals surface area contributed by atoms with Crippen molar-refractivity contribution in [2.24, 2.45) is 0 Å². The molecule has 0 bridgehead atoms. The van der Waals surface area contributed by atoms with E-state index in [0.29, 0.717) is 11.4 Å². The van der Waals surface area contributed by atoms with Crippen LogP contribution in [0.2, 0.25) is 5.02 Å². The van der Waals surface area contributed by atoms with Crippen molar-refractivity contribution in [2.75, 3.05) is 11.9 Å². The van der Waals surface area contributed by atoms with Gasteiger partial charge in [0.1, 0.15) is 0 Å². The molecule has 0 aliphatic carbocycles. The van der Waals surface area contributed by atoms with Crippen LogP contribution in [0.15, 0.2) is 42.5 Å². The first-order valence-corrected chi connectivity index (χ1v) is 7.88. The Morgan fingerprint density at radius 2 is 2.14 bits per heavy atom. The van der Waals surface area contributed by atoms with E-state index in [1.807, 2.05) is 25.1 Å². The molecule has 1 aliphatic heterocycles. The van der Waals surface area contributed by atoms with E-state index in [1.54, 1.807) is 6.07 Å². The number of anilines is 1. The molecule has 3 nitrogen and oxygen atoms in total. The number of rotatable bonds is 3. The van der Waals surface area contributed by atoms with Crippen LogP contribution in [-0.2, 0) is 11.2 Å². The zero-order valence-corrected chi connectivity index (χ0v) is 13.3. The van der Waals surface area contributed by atoms with Crippen molar-refractivity contribution >= 4 is 23.2 Å². The zero-order valence-electron chi connectivity index (χ0n) is 12.5. The molecule has 114 valence electrons.